The fraction of sp³-hybridized carbons (Fsp3) is 0.448. The van der Waals surface area contributed by atoms with Crippen LogP contribution in [0.4, 0.5) is 23.3 Å². The molecule has 4 atom stereocenters. The number of ketones is 2. The van der Waals surface area contributed by atoms with Crippen LogP contribution in [0.3, 0.4) is 0 Å². The number of fused-ring (bicyclic) bond motifs is 2. The average Bonchev–Trinajstić information content (AvgIpc) is 3.85. The number of carbonyl (C=O) groups excluding carboxylic acids is 2. The van der Waals surface area contributed by atoms with Crippen molar-refractivity contribution < 1.29 is 19.4 Å². The molecule has 0 aliphatic carbocycles. The Morgan fingerprint density at radius 2 is 1.21 bits per heavy atom. The Balaban J connectivity index is 0.000000181. The number of hydrogen-bond donors (Lipinski definition) is 4. The summed E-state index contributed by atoms with van der Waals surface area (Å²) in [5.41, 5.74) is 10.3. The first-order valence-corrected chi connectivity index (χ1v) is 27.3. The maximum Gasteiger partial charge on any atom is 0.227 e. The number of anilines is 4. The maximum absolute atomic E-state index is 13.3. The molecule has 80 heavy (non-hydrogen) atoms. The molecule has 0 amide bonds. The number of epoxide rings is 1. The van der Waals surface area contributed by atoms with Crippen LogP contribution in [0.1, 0.15) is 136 Å². The third-order valence-corrected chi connectivity index (χ3v) is 14.0. The number of hydrogen-bond acceptors (Lipinski definition) is 18. The van der Waals surface area contributed by atoms with E-state index in [1.807, 2.05) is 80.2 Å². The predicted octanol–water partition coefficient (Wildman–Crippen LogP) is 8.13. The topological polar surface area (TPSA) is 255 Å². The zero-order chi connectivity index (χ0) is 56.7. The number of nitrogens with one attached hydrogen (secondary N) is 3. The number of β-amino-alcohol motifs (C(OH)–C–C–N with tert-alkyl or cyclic N) is 1. The van der Waals surface area contributed by atoms with E-state index in [-0.39, 0.29) is 34.5 Å². The molecule has 0 spiro atoms. The Kier molecular flexibility index (Phi) is 17.5. The summed E-state index contributed by atoms with van der Waals surface area (Å²) in [4.78, 5) is 46.8. The summed E-state index contributed by atoms with van der Waals surface area (Å²) in [5, 5.41) is 45.0. The molecular weight excluding hydrogens is 1010 g/mol. The Labute approximate surface area is 466 Å². The van der Waals surface area contributed by atoms with Crippen molar-refractivity contribution in [2.75, 3.05) is 36.9 Å². The van der Waals surface area contributed by atoms with Crippen LogP contribution in [0.25, 0.3) is 22.5 Å². The van der Waals surface area contributed by atoms with Gasteiger partial charge in [-0.25, -0.2) is 29.3 Å². The summed E-state index contributed by atoms with van der Waals surface area (Å²) in [5.74, 6) is 1.16. The summed E-state index contributed by atoms with van der Waals surface area (Å²) in [6.07, 6.45) is 16.8. The Bertz CT molecular complexity index is 3400. The molecular formula is C58H74N18O4. The molecule has 3 aliphatic rings. The number of Topliss-reactive ketones (excluding diaryl/α,β-unsaturated/α-hetero) is 2. The zero-order valence-corrected chi connectivity index (χ0v) is 47.5. The maximum atomic E-state index is 13.3. The molecule has 0 unspecified atom stereocenters. The predicted molar refractivity (Wildman–Crippen MR) is 305 cm³/mol. The lowest BCUT2D eigenvalue weighted by molar-refractivity contribution is 0.0956. The van der Waals surface area contributed by atoms with Crippen LogP contribution in [0.2, 0.25) is 0 Å². The van der Waals surface area contributed by atoms with Gasteiger partial charge < -0.3 is 25.8 Å². The number of aryl methyl sites for hydroxylation is 2. The molecule has 420 valence electrons. The van der Waals surface area contributed by atoms with E-state index in [0.717, 1.165) is 84.1 Å². The smallest absolute Gasteiger partial charge is 0.227 e. The van der Waals surface area contributed by atoms with Crippen LogP contribution < -0.4 is 16.0 Å². The summed E-state index contributed by atoms with van der Waals surface area (Å²) < 4.78 is 11.6. The number of aromatic nitrogens is 14. The van der Waals surface area contributed by atoms with E-state index in [1.165, 1.54) is 11.1 Å². The monoisotopic (exact) mass is 1090 g/mol. The van der Waals surface area contributed by atoms with Crippen LogP contribution in [-0.2, 0) is 43.0 Å². The van der Waals surface area contributed by atoms with Gasteiger partial charge in [0.1, 0.15) is 11.4 Å². The number of nitrogens with zero attached hydrogens (tertiary/aromatic N) is 15. The van der Waals surface area contributed by atoms with E-state index in [2.05, 4.69) is 105 Å². The first kappa shape index (κ1) is 56.8. The number of benzene rings is 2. The first-order chi connectivity index (χ1) is 38.2. The fourth-order valence-corrected chi connectivity index (χ4v) is 9.62. The molecule has 6 aromatic heterocycles. The second-order valence-corrected chi connectivity index (χ2v) is 23.0. The summed E-state index contributed by atoms with van der Waals surface area (Å²) in [7, 11) is 3.72. The second-order valence-electron chi connectivity index (χ2n) is 23.0. The van der Waals surface area contributed by atoms with Gasteiger partial charge in [-0.2, -0.15) is 10.2 Å². The zero-order valence-electron chi connectivity index (χ0n) is 47.5. The van der Waals surface area contributed by atoms with Crippen LogP contribution in [0, 0.1) is 0 Å². The van der Waals surface area contributed by atoms with Crippen LogP contribution >= 0.6 is 0 Å². The fourth-order valence-electron chi connectivity index (χ4n) is 9.62. The minimum absolute atomic E-state index is 0.0126. The van der Waals surface area contributed by atoms with Gasteiger partial charge in [0.15, 0.2) is 11.6 Å². The molecule has 2 aromatic carbocycles. The lowest BCUT2D eigenvalue weighted by atomic mass is 9.87. The molecule has 11 rings (SSSR count). The Hall–Kier alpha value is -7.92. The van der Waals surface area contributed by atoms with Gasteiger partial charge in [-0.15, -0.1) is 10.2 Å². The molecule has 4 N–H and O–H groups in total. The van der Waals surface area contributed by atoms with Crippen LogP contribution in [0.5, 0.6) is 0 Å². The quantitative estimate of drug-likeness (QED) is 0.0592. The van der Waals surface area contributed by atoms with Crippen molar-refractivity contribution in [2.45, 2.75) is 129 Å². The van der Waals surface area contributed by atoms with Crippen molar-refractivity contribution in [1.82, 2.24) is 79.7 Å². The minimum atomic E-state index is -0.444. The molecule has 3 aliphatic heterocycles. The lowest BCUT2D eigenvalue weighted by Gasteiger charge is -2.22. The van der Waals surface area contributed by atoms with E-state index in [1.54, 1.807) is 62.8 Å². The number of carbonyl (C=O) groups is 2. The van der Waals surface area contributed by atoms with Gasteiger partial charge in [-0.05, 0) is 140 Å². The molecule has 22 heteroatoms. The van der Waals surface area contributed by atoms with Crippen molar-refractivity contribution in [3.8, 4) is 22.5 Å². The number of rotatable bonds is 14. The van der Waals surface area contributed by atoms with E-state index < -0.39 is 6.10 Å². The van der Waals surface area contributed by atoms with Gasteiger partial charge in [0.2, 0.25) is 11.9 Å². The van der Waals surface area contributed by atoms with Crippen molar-refractivity contribution >= 4 is 34.8 Å². The highest BCUT2D eigenvalue weighted by atomic mass is 16.6. The third-order valence-electron chi connectivity index (χ3n) is 14.0. The van der Waals surface area contributed by atoms with Gasteiger partial charge in [-0.1, -0.05) is 34.7 Å². The van der Waals surface area contributed by atoms with Crippen LogP contribution in [0.15, 0.2) is 98.1 Å². The van der Waals surface area contributed by atoms with Gasteiger partial charge in [-0.3, -0.25) is 23.9 Å². The van der Waals surface area contributed by atoms with E-state index in [9.17, 15) is 14.7 Å². The summed E-state index contributed by atoms with van der Waals surface area (Å²) in [6, 6.07) is 16.5. The summed E-state index contributed by atoms with van der Waals surface area (Å²) >= 11 is 0. The molecule has 0 saturated carbocycles. The highest BCUT2D eigenvalue weighted by Gasteiger charge is 2.29. The van der Waals surface area contributed by atoms with Gasteiger partial charge in [0.05, 0.1) is 77.4 Å². The minimum Gasteiger partial charge on any atom is -0.392 e. The highest BCUT2D eigenvalue weighted by molar-refractivity contribution is 5.95. The normalized spacial score (nSPS) is 17.5. The largest absolute Gasteiger partial charge is 0.392 e. The molecule has 9 heterocycles. The second kappa shape index (κ2) is 24.6. The van der Waals surface area contributed by atoms with Crippen molar-refractivity contribution in [2.24, 2.45) is 14.1 Å². The molecule has 0 bridgehead atoms. The Morgan fingerprint density at radius 3 is 1.66 bits per heavy atom. The van der Waals surface area contributed by atoms with E-state index >= 15 is 0 Å². The van der Waals surface area contributed by atoms with Crippen molar-refractivity contribution in [1.29, 1.82) is 0 Å². The molecule has 1 fully saturated rings. The molecule has 1 saturated heterocycles. The number of aliphatic hydroxyl groups is 1. The first-order valence-electron chi connectivity index (χ1n) is 27.3. The van der Waals surface area contributed by atoms with Gasteiger partial charge >= 0.3 is 0 Å². The standard InChI is InChI=1S/C29H37N9O2.C26H31N9O.C3H6O/c1-19(39)15-37-11-9-20(13-27(40)26-18-38(35-34-26)29(2,3)4)24-7-6-21(12-22(24)16-37)25-8-10-30-28(33-25)32-23-14-31-36(5)17-23;1-26(2,3)35-16-23(32-33-35)24(36)12-17-7-9-27-13-19-11-18(5-6-21(17)19)22-8-10-28-25(31-22)30-20-14-29-34(4)15-20;1-3-2-4-3/h6-8,10,12,14,17-20,39H,9,11,13,15-16H2,1-5H3,(H,30,32,33);5-6,8,10-11,14-17,27H,7,9,12-13H2,1-4H3,(H,28,30,31);3H,2H2,1H3/t19-,20+;17-;3-/m101/s1. The van der Waals surface area contributed by atoms with Gasteiger partial charge in [0.25, 0.3) is 0 Å². The molecule has 8 aromatic rings. The lowest BCUT2D eigenvalue weighted by Crippen LogP contribution is -2.30. The summed E-state index contributed by atoms with van der Waals surface area (Å²) in [6.45, 7) is 20.7. The number of aliphatic hydroxyl groups excluding tert-OH is 1. The van der Waals surface area contributed by atoms with Crippen LogP contribution in [-0.4, -0.2) is 130 Å². The van der Waals surface area contributed by atoms with E-state index in [0.29, 0.717) is 55.3 Å². The Morgan fingerprint density at radius 1 is 0.725 bits per heavy atom. The number of ether oxygens (including phenoxy) is 1. The third kappa shape index (κ3) is 15.0. The average molecular weight is 1090 g/mol. The highest BCUT2D eigenvalue weighted by Crippen LogP contribution is 2.36. The van der Waals surface area contributed by atoms with E-state index in [4.69, 9.17) is 14.7 Å². The molecule has 22 nitrogen and oxygen atoms in total. The van der Waals surface area contributed by atoms with Crippen molar-refractivity contribution in [3.63, 3.8) is 0 Å². The molecule has 0 radical (unpaired) electrons. The van der Waals surface area contributed by atoms with Gasteiger partial charge in [0, 0.05) is 82.5 Å². The SMILES string of the molecule is C[C@@H](O)CN1CC[C@@H](CC(=O)c2cn(C(C)(C)C)nn2)c2ccc(-c3ccnc(Nc4cnn(C)c4)n3)cc2C1.C[C@@H]1CO1.Cn1cc(Nc2nccc(-c3ccc4c(c3)CNCC[C@H]4CC(=O)c3cn(C(C)(C)C)nn3)n2)cn1. The van der Waals surface area contributed by atoms with Crippen molar-refractivity contribution in [3.05, 3.63) is 132 Å².